The van der Waals surface area contributed by atoms with Crippen LogP contribution in [-0.2, 0) is 6.42 Å². The molecule has 1 nitrogen and oxygen atoms in total. The quantitative estimate of drug-likeness (QED) is 0.860. The summed E-state index contributed by atoms with van der Waals surface area (Å²) in [4.78, 5) is 0. The molecule has 98 valence electrons. The maximum absolute atomic E-state index is 3.88. The zero-order valence-electron chi connectivity index (χ0n) is 11.1. The van der Waals surface area contributed by atoms with E-state index in [9.17, 15) is 0 Å². The van der Waals surface area contributed by atoms with Crippen LogP contribution in [0.4, 0.5) is 0 Å². The molecule has 2 unspecified atom stereocenters. The van der Waals surface area contributed by atoms with Gasteiger partial charge in [0.1, 0.15) is 0 Å². The summed E-state index contributed by atoms with van der Waals surface area (Å²) in [5.41, 5.74) is 3.04. The Hall–Kier alpha value is -0.340. The first-order valence-electron chi connectivity index (χ1n) is 7.29. The lowest BCUT2D eigenvalue weighted by molar-refractivity contribution is 0.342. The highest BCUT2D eigenvalue weighted by atomic mass is 79.9. The predicted molar refractivity (Wildman–Crippen MR) is 79.8 cm³/mol. The number of rotatable bonds is 3. The van der Waals surface area contributed by atoms with E-state index >= 15 is 0 Å². The minimum absolute atomic E-state index is 0.577. The summed E-state index contributed by atoms with van der Waals surface area (Å²) in [6.45, 7) is 2.38. The van der Waals surface area contributed by atoms with Gasteiger partial charge in [-0.1, -0.05) is 40.9 Å². The van der Waals surface area contributed by atoms with Crippen LogP contribution < -0.4 is 5.32 Å². The van der Waals surface area contributed by atoms with Gasteiger partial charge in [-0.3, -0.25) is 0 Å². The Labute approximate surface area is 118 Å². The summed E-state index contributed by atoms with van der Waals surface area (Å²) in [5.74, 6) is 0.904. The van der Waals surface area contributed by atoms with Crippen LogP contribution in [0.2, 0.25) is 0 Å². The molecular formula is C16H22BrN. The lowest BCUT2D eigenvalue weighted by Crippen LogP contribution is -2.34. The fourth-order valence-corrected chi connectivity index (χ4v) is 4.27. The summed E-state index contributed by atoms with van der Waals surface area (Å²) in [6.07, 6.45) is 8.19. The van der Waals surface area contributed by atoms with Crippen LogP contribution in [0.5, 0.6) is 0 Å². The lowest BCUT2D eigenvalue weighted by Gasteiger charge is -2.25. The van der Waals surface area contributed by atoms with Crippen molar-refractivity contribution in [3.8, 4) is 0 Å². The van der Waals surface area contributed by atoms with E-state index < -0.39 is 0 Å². The van der Waals surface area contributed by atoms with Crippen molar-refractivity contribution in [1.29, 1.82) is 0 Å². The van der Waals surface area contributed by atoms with E-state index in [2.05, 4.69) is 46.4 Å². The maximum atomic E-state index is 3.88. The molecule has 0 saturated heterocycles. The second-order valence-corrected chi connectivity index (χ2v) is 6.75. The highest BCUT2D eigenvalue weighted by molar-refractivity contribution is 9.10. The minimum atomic E-state index is 0.577. The van der Waals surface area contributed by atoms with Crippen LogP contribution in [0.3, 0.4) is 0 Å². The van der Waals surface area contributed by atoms with Crippen LogP contribution in [0, 0.1) is 5.92 Å². The first-order chi connectivity index (χ1) is 8.75. The number of hydrogen-bond donors (Lipinski definition) is 1. The van der Waals surface area contributed by atoms with Crippen molar-refractivity contribution >= 4 is 15.9 Å². The summed E-state index contributed by atoms with van der Waals surface area (Å²) in [7, 11) is 0. The smallest absolute Gasteiger partial charge is 0.0328 e. The largest absolute Gasteiger partial charge is 0.307 e. The van der Waals surface area contributed by atoms with Crippen molar-refractivity contribution in [1.82, 2.24) is 5.32 Å². The van der Waals surface area contributed by atoms with Crippen LogP contribution in [0.25, 0.3) is 0 Å². The summed E-state index contributed by atoms with van der Waals surface area (Å²) < 4.78 is 1.29. The highest BCUT2D eigenvalue weighted by Crippen LogP contribution is 2.37. The molecule has 3 rings (SSSR count). The average Bonchev–Trinajstić information content (AvgIpc) is 2.99. The van der Waals surface area contributed by atoms with E-state index in [1.165, 1.54) is 54.1 Å². The summed E-state index contributed by atoms with van der Waals surface area (Å²) in [6, 6.07) is 7.88. The lowest BCUT2D eigenvalue weighted by atomic mass is 9.98. The molecular weight excluding hydrogens is 286 g/mol. The van der Waals surface area contributed by atoms with Gasteiger partial charge in [0.25, 0.3) is 0 Å². The van der Waals surface area contributed by atoms with Gasteiger partial charge in [0.2, 0.25) is 0 Å². The molecule has 0 aromatic heterocycles. The first kappa shape index (κ1) is 12.7. The van der Waals surface area contributed by atoms with Gasteiger partial charge in [-0.25, -0.2) is 0 Å². The van der Waals surface area contributed by atoms with Crippen LogP contribution in [0.15, 0.2) is 22.7 Å². The first-order valence-corrected chi connectivity index (χ1v) is 8.08. The molecule has 0 amide bonds. The minimum Gasteiger partial charge on any atom is -0.307 e. The van der Waals surface area contributed by atoms with E-state index in [0.29, 0.717) is 12.1 Å². The Balaban J connectivity index is 1.70. The zero-order chi connectivity index (χ0) is 12.5. The zero-order valence-corrected chi connectivity index (χ0v) is 12.7. The number of benzene rings is 1. The van der Waals surface area contributed by atoms with Crippen LogP contribution >= 0.6 is 15.9 Å². The molecule has 1 N–H and O–H groups in total. The van der Waals surface area contributed by atoms with Gasteiger partial charge < -0.3 is 5.32 Å². The molecule has 2 atom stereocenters. The van der Waals surface area contributed by atoms with E-state index in [4.69, 9.17) is 0 Å². The summed E-state index contributed by atoms with van der Waals surface area (Å²) in [5, 5.41) is 3.88. The van der Waals surface area contributed by atoms with Crippen molar-refractivity contribution in [2.24, 2.45) is 5.92 Å². The van der Waals surface area contributed by atoms with Crippen LogP contribution in [-0.4, -0.2) is 6.04 Å². The van der Waals surface area contributed by atoms with Crippen LogP contribution in [0.1, 0.15) is 56.2 Å². The molecule has 1 aromatic carbocycles. The van der Waals surface area contributed by atoms with Gasteiger partial charge in [0, 0.05) is 16.6 Å². The highest BCUT2D eigenvalue weighted by Gasteiger charge is 2.28. The molecule has 0 heterocycles. The molecule has 0 aliphatic heterocycles. The van der Waals surface area contributed by atoms with E-state index in [1.807, 2.05) is 0 Å². The Kier molecular flexibility index (Phi) is 3.76. The Morgan fingerprint density at radius 3 is 2.78 bits per heavy atom. The van der Waals surface area contributed by atoms with Gasteiger partial charge in [-0.05, 0) is 55.7 Å². The van der Waals surface area contributed by atoms with Crippen molar-refractivity contribution in [2.45, 2.75) is 57.5 Å². The fraction of sp³-hybridized carbons (Fsp3) is 0.625. The van der Waals surface area contributed by atoms with Crippen molar-refractivity contribution in [3.05, 3.63) is 33.8 Å². The molecule has 1 aromatic rings. The molecule has 0 radical (unpaired) electrons. The van der Waals surface area contributed by atoms with E-state index in [1.54, 1.807) is 0 Å². The SMILES string of the molecule is CC(NC1CCc2c(Br)cccc21)C1CCCC1. The Bertz CT molecular complexity index is 423. The maximum Gasteiger partial charge on any atom is 0.0328 e. The van der Waals surface area contributed by atoms with Crippen molar-refractivity contribution in [3.63, 3.8) is 0 Å². The summed E-state index contributed by atoms with van der Waals surface area (Å²) >= 11 is 3.68. The van der Waals surface area contributed by atoms with Gasteiger partial charge in [-0.15, -0.1) is 0 Å². The molecule has 0 bridgehead atoms. The Morgan fingerprint density at radius 1 is 1.22 bits per heavy atom. The second-order valence-electron chi connectivity index (χ2n) is 5.90. The number of hydrogen-bond acceptors (Lipinski definition) is 1. The number of fused-ring (bicyclic) bond motifs is 1. The average molecular weight is 308 g/mol. The molecule has 18 heavy (non-hydrogen) atoms. The molecule has 1 saturated carbocycles. The third kappa shape index (κ3) is 2.37. The topological polar surface area (TPSA) is 12.0 Å². The third-order valence-corrected chi connectivity index (χ3v) is 5.53. The molecule has 1 fully saturated rings. The van der Waals surface area contributed by atoms with Gasteiger partial charge in [0.15, 0.2) is 0 Å². The standard InChI is InChI=1S/C16H22BrN/c1-11(12-5-2-3-6-12)18-16-10-9-13-14(16)7-4-8-15(13)17/h4,7-8,11-12,16,18H,2-3,5-6,9-10H2,1H3. The normalized spacial score (nSPS) is 25.3. The second kappa shape index (κ2) is 5.34. The van der Waals surface area contributed by atoms with Gasteiger partial charge in [-0.2, -0.15) is 0 Å². The molecule has 2 aliphatic rings. The fourth-order valence-electron chi connectivity index (χ4n) is 3.69. The van der Waals surface area contributed by atoms with Crippen molar-refractivity contribution < 1.29 is 0 Å². The molecule has 2 heteroatoms. The van der Waals surface area contributed by atoms with Crippen molar-refractivity contribution in [2.75, 3.05) is 0 Å². The van der Waals surface area contributed by atoms with E-state index in [-0.39, 0.29) is 0 Å². The number of nitrogens with one attached hydrogen (secondary N) is 1. The molecule has 2 aliphatic carbocycles. The van der Waals surface area contributed by atoms with Gasteiger partial charge >= 0.3 is 0 Å². The third-order valence-electron chi connectivity index (χ3n) is 4.78. The Morgan fingerprint density at radius 2 is 2.00 bits per heavy atom. The number of halogens is 1. The van der Waals surface area contributed by atoms with E-state index in [0.717, 1.165) is 5.92 Å². The molecule has 0 spiro atoms. The monoisotopic (exact) mass is 307 g/mol. The predicted octanol–water partition coefficient (Wildman–Crippen LogP) is 4.60. The van der Waals surface area contributed by atoms with Gasteiger partial charge in [0.05, 0.1) is 0 Å².